The van der Waals surface area contributed by atoms with Gasteiger partial charge in [0.2, 0.25) is 0 Å². The van der Waals surface area contributed by atoms with Crippen LogP contribution in [0.15, 0.2) is 0 Å². The van der Waals surface area contributed by atoms with Gasteiger partial charge in [0.15, 0.2) is 0 Å². The zero-order chi connectivity index (χ0) is 8.15. The van der Waals surface area contributed by atoms with E-state index >= 15 is 0 Å². The van der Waals surface area contributed by atoms with Crippen molar-refractivity contribution in [2.75, 3.05) is 0 Å². The molecule has 0 aliphatic heterocycles. The first kappa shape index (κ1) is 9.17. The molecule has 0 amide bonds. The molecule has 9 heteroatoms. The lowest BCUT2D eigenvalue weighted by Crippen LogP contribution is -1.93. The number of nitrogens with zero attached hydrogens (tertiary/aromatic N) is 2. The maximum absolute atomic E-state index is 10.1. The molecule has 0 saturated carbocycles. The number of carbonyl (C=O) groups is 1. The maximum Gasteiger partial charge on any atom is 0.392 e. The highest BCUT2D eigenvalue weighted by molar-refractivity contribution is 8.33. The third kappa shape index (κ3) is 5.31. The number of nitro groups is 2. The highest BCUT2D eigenvalue weighted by atomic mass is 32.2. The van der Waals surface area contributed by atoms with Crippen LogP contribution in [0.2, 0.25) is 0 Å². The van der Waals surface area contributed by atoms with Gasteiger partial charge in [-0.05, 0) is 0 Å². The summed E-state index contributed by atoms with van der Waals surface area (Å²) in [6.07, 6.45) is 0. The lowest BCUT2D eigenvalue weighted by molar-refractivity contribution is -0.284. The van der Waals surface area contributed by atoms with Crippen LogP contribution in [-0.4, -0.2) is 13.1 Å². The molecule has 0 aliphatic carbocycles. The van der Waals surface area contributed by atoms with Gasteiger partial charge < -0.3 is 0 Å². The SMILES string of the molecule is O=C(S[N+](=O)[O-])S[N+](=O)[O-]. The van der Waals surface area contributed by atoms with E-state index < -0.39 is 13.1 Å². The van der Waals surface area contributed by atoms with E-state index in [1.807, 2.05) is 0 Å². The molecule has 0 heterocycles. The Balaban J connectivity index is 3.65. The Morgan fingerprint density at radius 1 is 1.10 bits per heavy atom. The predicted molar refractivity (Wildman–Crippen MR) is 34.6 cm³/mol. The summed E-state index contributed by atoms with van der Waals surface area (Å²) in [6, 6.07) is 0. The van der Waals surface area contributed by atoms with Gasteiger partial charge in [0.05, 0.1) is 0 Å². The minimum absolute atomic E-state index is 0.313. The highest BCUT2D eigenvalue weighted by Crippen LogP contribution is 2.15. The lowest BCUT2D eigenvalue weighted by atomic mass is 11.8. The summed E-state index contributed by atoms with van der Waals surface area (Å²) in [5.41, 5.74) is 0. The third-order valence-corrected chi connectivity index (χ3v) is 1.34. The molecule has 0 bridgehead atoms. The molecule has 0 aliphatic rings. The summed E-state index contributed by atoms with van der Waals surface area (Å²) in [5, 5.41) is 19.0. The van der Waals surface area contributed by atoms with Crippen LogP contribution >= 0.6 is 23.9 Å². The van der Waals surface area contributed by atoms with Gasteiger partial charge in [0.1, 0.15) is 8.66 Å². The summed E-state index contributed by atoms with van der Waals surface area (Å²) in [7, 11) is 0. The summed E-state index contributed by atoms with van der Waals surface area (Å²) in [6.45, 7) is 0. The zero-order valence-electron chi connectivity index (χ0n) is 4.25. The Bertz CT molecular complexity index is 160. The van der Waals surface area contributed by atoms with Crippen LogP contribution in [0.4, 0.5) is 4.79 Å². The van der Waals surface area contributed by atoms with Crippen LogP contribution in [0.25, 0.3) is 0 Å². The molecule has 0 N–H and O–H groups in total. The quantitative estimate of drug-likeness (QED) is 0.357. The van der Waals surface area contributed by atoms with Crippen molar-refractivity contribution < 1.29 is 13.5 Å². The fraction of sp³-hybridized carbons (Fsp3) is 0. The minimum atomic E-state index is -1.16. The van der Waals surface area contributed by atoms with Crippen molar-refractivity contribution in [2.24, 2.45) is 0 Å². The number of hydrogen-bond acceptors (Lipinski definition) is 7. The summed E-state index contributed by atoms with van der Waals surface area (Å²) >= 11 is -0.625. The third-order valence-electron chi connectivity index (χ3n) is 0.298. The topological polar surface area (TPSA) is 103 Å². The molecule has 0 aromatic carbocycles. The van der Waals surface area contributed by atoms with Crippen LogP contribution < -0.4 is 0 Å². The van der Waals surface area contributed by atoms with E-state index in [0.29, 0.717) is 0 Å². The Hall–Kier alpha value is -0.830. The van der Waals surface area contributed by atoms with Gasteiger partial charge in [0, 0.05) is 0 Å². The van der Waals surface area contributed by atoms with Gasteiger partial charge in [-0.25, -0.2) is 0 Å². The van der Waals surface area contributed by atoms with Crippen molar-refractivity contribution in [3.05, 3.63) is 20.2 Å². The highest BCUT2D eigenvalue weighted by Gasteiger charge is 2.22. The summed E-state index contributed by atoms with van der Waals surface area (Å²) < 4.78 is -3.16. The van der Waals surface area contributed by atoms with Crippen LogP contribution in [0, 0.1) is 20.2 Å². The van der Waals surface area contributed by atoms with E-state index in [4.69, 9.17) is 0 Å². The standard InChI is InChI=1S/CN2O5S2/c4-1(9-2(5)6)10-3(7)8. The largest absolute Gasteiger partial charge is 0.392 e. The Morgan fingerprint density at radius 2 is 1.40 bits per heavy atom. The first-order valence-corrected chi connectivity index (χ1v) is 3.25. The second-order valence-electron chi connectivity index (χ2n) is 0.880. The van der Waals surface area contributed by atoms with E-state index in [2.05, 4.69) is 0 Å². The van der Waals surface area contributed by atoms with E-state index in [-0.39, 0.29) is 23.9 Å². The van der Waals surface area contributed by atoms with Crippen LogP contribution in [0.5, 0.6) is 0 Å². The first-order valence-electron chi connectivity index (χ1n) is 1.71. The smallest absolute Gasteiger partial charge is 0.260 e. The molecule has 0 saturated heterocycles. The lowest BCUT2D eigenvalue weighted by Gasteiger charge is -1.80. The summed E-state index contributed by atoms with van der Waals surface area (Å²) in [4.78, 5) is 29.1. The molecular formula is CN2O5S2. The fourth-order valence-electron chi connectivity index (χ4n) is 0.138. The molecule has 0 rings (SSSR count). The van der Waals surface area contributed by atoms with Crippen molar-refractivity contribution in [2.45, 2.75) is 0 Å². The molecule has 0 unspecified atom stereocenters. The molecule has 0 aromatic rings. The van der Waals surface area contributed by atoms with Crippen LogP contribution in [-0.2, 0) is 0 Å². The Morgan fingerprint density at radius 3 is 1.60 bits per heavy atom. The van der Waals surface area contributed by atoms with Crippen LogP contribution in [0.1, 0.15) is 0 Å². The normalized spacial score (nSPS) is 8.80. The molecule has 0 fully saturated rings. The van der Waals surface area contributed by atoms with Gasteiger partial charge in [0.25, 0.3) is 0 Å². The van der Waals surface area contributed by atoms with Crippen LogP contribution in [0.3, 0.4) is 0 Å². The second kappa shape index (κ2) is 4.06. The molecule has 0 radical (unpaired) electrons. The van der Waals surface area contributed by atoms with E-state index in [0.717, 1.165) is 0 Å². The Kier molecular flexibility index (Phi) is 3.72. The van der Waals surface area contributed by atoms with Crippen molar-refractivity contribution >= 4 is 28.3 Å². The molecule has 0 atom stereocenters. The minimum Gasteiger partial charge on any atom is -0.260 e. The number of rotatable bonds is 2. The average molecular weight is 184 g/mol. The molecule has 10 heavy (non-hydrogen) atoms. The number of carbonyl (C=O) groups excluding carboxylic acids is 1. The molecular weight excluding hydrogens is 184 g/mol. The first-order chi connectivity index (χ1) is 4.52. The number of hydrogen-bond donors (Lipinski definition) is 0. The monoisotopic (exact) mass is 184 g/mol. The molecule has 0 spiro atoms. The summed E-state index contributed by atoms with van der Waals surface area (Å²) in [5.74, 6) is 0. The van der Waals surface area contributed by atoms with Crippen molar-refractivity contribution in [3.63, 3.8) is 0 Å². The van der Waals surface area contributed by atoms with E-state index in [9.17, 15) is 25.0 Å². The molecule has 7 nitrogen and oxygen atoms in total. The van der Waals surface area contributed by atoms with Crippen molar-refractivity contribution in [1.82, 2.24) is 0 Å². The van der Waals surface area contributed by atoms with Gasteiger partial charge in [-0.3, -0.25) is 25.0 Å². The van der Waals surface area contributed by atoms with Crippen molar-refractivity contribution in [3.8, 4) is 0 Å². The van der Waals surface area contributed by atoms with Gasteiger partial charge in [-0.1, -0.05) is 0 Å². The molecule has 0 aromatic heterocycles. The fourth-order valence-corrected chi connectivity index (χ4v) is 0.880. The van der Waals surface area contributed by atoms with Gasteiger partial charge in [-0.15, -0.1) is 0 Å². The van der Waals surface area contributed by atoms with Crippen molar-refractivity contribution in [1.29, 1.82) is 0 Å². The van der Waals surface area contributed by atoms with E-state index in [1.165, 1.54) is 0 Å². The van der Waals surface area contributed by atoms with Gasteiger partial charge in [-0.2, -0.15) is 0 Å². The Labute approximate surface area is 62.7 Å². The molecule has 56 valence electrons. The van der Waals surface area contributed by atoms with Gasteiger partial charge >= 0.3 is 28.3 Å². The zero-order valence-corrected chi connectivity index (χ0v) is 5.89. The second-order valence-corrected chi connectivity index (χ2v) is 2.84. The van der Waals surface area contributed by atoms with E-state index in [1.54, 1.807) is 0 Å². The predicted octanol–water partition coefficient (Wildman–Crippen LogP) is 0.956. The average Bonchev–Trinajstić information content (AvgIpc) is 1.58. The maximum atomic E-state index is 10.1.